The number of amides is 2. The van der Waals surface area contributed by atoms with Crippen LogP contribution in [0.4, 0.5) is 16.4 Å². The van der Waals surface area contributed by atoms with E-state index in [4.69, 9.17) is 11.6 Å². The molecule has 0 saturated carbocycles. The van der Waals surface area contributed by atoms with Gasteiger partial charge in [-0.25, -0.2) is 0 Å². The lowest BCUT2D eigenvalue weighted by Crippen LogP contribution is -2.46. The van der Waals surface area contributed by atoms with Crippen molar-refractivity contribution in [2.45, 2.75) is 20.8 Å². The SMILES string of the molecule is CCN1CCN(c2ccc(NC(=O)c3sc(NC(=O)c4ccccc4Cl)cc3C)c(C)c2)CC1. The van der Waals surface area contributed by atoms with Gasteiger partial charge in [0.05, 0.1) is 20.5 Å². The number of benzene rings is 2. The molecule has 0 bridgehead atoms. The molecule has 0 spiro atoms. The highest BCUT2D eigenvalue weighted by Gasteiger charge is 2.19. The molecule has 1 aliphatic rings. The van der Waals surface area contributed by atoms with Gasteiger partial charge in [0.1, 0.15) is 0 Å². The Morgan fingerprint density at radius 3 is 2.35 bits per heavy atom. The molecule has 8 heteroatoms. The lowest BCUT2D eigenvalue weighted by atomic mass is 10.1. The molecule has 178 valence electrons. The van der Waals surface area contributed by atoms with Crippen molar-refractivity contribution in [3.63, 3.8) is 0 Å². The number of hydrogen-bond acceptors (Lipinski definition) is 5. The number of anilines is 3. The Labute approximate surface area is 209 Å². The standard InChI is InChI=1S/C26H29ClN4O2S/c1-4-30-11-13-31(14-12-30)19-9-10-22(17(2)15-19)28-26(33)24-18(3)16-23(34-24)29-25(32)20-7-5-6-8-21(20)27/h5-10,15-16H,4,11-14H2,1-3H3,(H,28,33)(H,29,32). The fourth-order valence-corrected chi connectivity index (χ4v) is 5.26. The van der Waals surface area contributed by atoms with E-state index in [0.29, 0.717) is 20.5 Å². The number of nitrogens with one attached hydrogen (secondary N) is 2. The molecule has 2 aromatic carbocycles. The van der Waals surface area contributed by atoms with Crippen LogP contribution in [0.5, 0.6) is 0 Å². The van der Waals surface area contributed by atoms with E-state index in [1.807, 2.05) is 19.9 Å². The summed E-state index contributed by atoms with van der Waals surface area (Å²) in [6.07, 6.45) is 0. The predicted molar refractivity (Wildman–Crippen MR) is 142 cm³/mol. The van der Waals surface area contributed by atoms with Crippen LogP contribution in [0.3, 0.4) is 0 Å². The third kappa shape index (κ3) is 5.43. The molecule has 0 radical (unpaired) electrons. The normalized spacial score (nSPS) is 14.2. The first-order valence-electron chi connectivity index (χ1n) is 11.4. The van der Waals surface area contributed by atoms with E-state index in [-0.39, 0.29) is 11.8 Å². The Hall–Kier alpha value is -2.87. The molecule has 1 aromatic heterocycles. The minimum absolute atomic E-state index is 0.187. The number of carbonyl (C=O) groups excluding carboxylic acids is 2. The monoisotopic (exact) mass is 496 g/mol. The number of rotatable bonds is 6. The Balaban J connectivity index is 1.42. The molecule has 0 unspecified atom stereocenters. The van der Waals surface area contributed by atoms with Crippen LogP contribution in [0, 0.1) is 13.8 Å². The highest BCUT2D eigenvalue weighted by molar-refractivity contribution is 7.18. The molecule has 0 aliphatic carbocycles. The smallest absolute Gasteiger partial charge is 0.266 e. The zero-order valence-corrected chi connectivity index (χ0v) is 21.2. The maximum Gasteiger partial charge on any atom is 0.266 e. The van der Waals surface area contributed by atoms with Gasteiger partial charge in [-0.2, -0.15) is 0 Å². The average Bonchev–Trinajstić information content (AvgIpc) is 3.20. The van der Waals surface area contributed by atoms with Crippen molar-refractivity contribution in [1.29, 1.82) is 0 Å². The van der Waals surface area contributed by atoms with Gasteiger partial charge in [-0.05, 0) is 67.9 Å². The molecule has 4 rings (SSSR count). The average molecular weight is 497 g/mol. The summed E-state index contributed by atoms with van der Waals surface area (Å²) >= 11 is 7.37. The first-order chi connectivity index (χ1) is 16.4. The minimum atomic E-state index is -0.301. The number of carbonyl (C=O) groups is 2. The van der Waals surface area contributed by atoms with Gasteiger partial charge in [0, 0.05) is 37.6 Å². The molecule has 6 nitrogen and oxygen atoms in total. The quantitative estimate of drug-likeness (QED) is 0.462. The van der Waals surface area contributed by atoms with Crippen LogP contribution in [-0.4, -0.2) is 49.4 Å². The Morgan fingerprint density at radius 1 is 0.941 bits per heavy atom. The molecular weight excluding hydrogens is 468 g/mol. The van der Waals surface area contributed by atoms with Gasteiger partial charge < -0.3 is 20.4 Å². The van der Waals surface area contributed by atoms with Crippen molar-refractivity contribution in [3.8, 4) is 0 Å². The van der Waals surface area contributed by atoms with Crippen molar-refractivity contribution in [2.24, 2.45) is 0 Å². The van der Waals surface area contributed by atoms with Crippen LogP contribution in [0.15, 0.2) is 48.5 Å². The van der Waals surface area contributed by atoms with E-state index in [9.17, 15) is 9.59 Å². The van der Waals surface area contributed by atoms with Crippen LogP contribution in [0.2, 0.25) is 5.02 Å². The molecule has 2 amide bonds. The first-order valence-corrected chi connectivity index (χ1v) is 12.6. The highest BCUT2D eigenvalue weighted by atomic mass is 35.5. The van der Waals surface area contributed by atoms with Crippen LogP contribution in [0.1, 0.15) is 38.1 Å². The Morgan fingerprint density at radius 2 is 1.68 bits per heavy atom. The van der Waals surface area contributed by atoms with Gasteiger partial charge in [-0.15, -0.1) is 11.3 Å². The fourth-order valence-electron chi connectivity index (χ4n) is 4.08. The van der Waals surface area contributed by atoms with Crippen LogP contribution >= 0.6 is 22.9 Å². The summed E-state index contributed by atoms with van der Waals surface area (Å²) in [6, 6.07) is 14.9. The lowest BCUT2D eigenvalue weighted by Gasteiger charge is -2.35. The zero-order chi connectivity index (χ0) is 24.2. The number of piperazine rings is 1. The van der Waals surface area contributed by atoms with Crippen molar-refractivity contribution in [2.75, 3.05) is 48.3 Å². The number of nitrogens with zero attached hydrogens (tertiary/aromatic N) is 2. The van der Waals surface area contributed by atoms with E-state index in [1.54, 1.807) is 30.3 Å². The van der Waals surface area contributed by atoms with Gasteiger partial charge in [-0.3, -0.25) is 9.59 Å². The summed E-state index contributed by atoms with van der Waals surface area (Å²) in [4.78, 5) is 31.0. The summed E-state index contributed by atoms with van der Waals surface area (Å²) in [5.41, 5.74) is 4.19. The van der Waals surface area contributed by atoms with E-state index < -0.39 is 0 Å². The van der Waals surface area contributed by atoms with E-state index in [2.05, 4.69) is 39.5 Å². The summed E-state index contributed by atoms with van der Waals surface area (Å²) in [6.45, 7) is 11.3. The summed E-state index contributed by atoms with van der Waals surface area (Å²) in [5, 5.41) is 6.87. The second-order valence-corrected chi connectivity index (χ2v) is 9.89. The van der Waals surface area contributed by atoms with E-state index >= 15 is 0 Å². The van der Waals surface area contributed by atoms with Crippen LogP contribution in [-0.2, 0) is 0 Å². The number of halogens is 1. The second-order valence-electron chi connectivity index (χ2n) is 8.43. The zero-order valence-electron chi connectivity index (χ0n) is 19.7. The van der Waals surface area contributed by atoms with Gasteiger partial charge in [0.2, 0.25) is 0 Å². The van der Waals surface area contributed by atoms with Crippen molar-refractivity contribution in [3.05, 3.63) is 75.1 Å². The first kappa shape index (κ1) is 24.3. The van der Waals surface area contributed by atoms with Gasteiger partial charge in [-0.1, -0.05) is 30.7 Å². The largest absolute Gasteiger partial charge is 0.369 e. The van der Waals surface area contributed by atoms with Crippen molar-refractivity contribution < 1.29 is 9.59 Å². The third-order valence-corrected chi connectivity index (χ3v) is 7.60. The van der Waals surface area contributed by atoms with Crippen LogP contribution < -0.4 is 15.5 Å². The summed E-state index contributed by atoms with van der Waals surface area (Å²) < 4.78 is 0. The molecule has 0 atom stereocenters. The maximum atomic E-state index is 13.0. The number of likely N-dealkylation sites (N-methyl/N-ethyl adjacent to an activating group) is 1. The molecule has 3 aromatic rings. The van der Waals surface area contributed by atoms with Gasteiger partial charge in [0.15, 0.2) is 0 Å². The highest BCUT2D eigenvalue weighted by Crippen LogP contribution is 2.30. The maximum absolute atomic E-state index is 13.0. The molecule has 2 N–H and O–H groups in total. The third-order valence-electron chi connectivity index (χ3n) is 6.12. The Kier molecular flexibility index (Phi) is 7.56. The second kappa shape index (κ2) is 10.6. The summed E-state index contributed by atoms with van der Waals surface area (Å²) in [5.74, 6) is -0.488. The van der Waals surface area contributed by atoms with Crippen LogP contribution in [0.25, 0.3) is 0 Å². The predicted octanol–water partition coefficient (Wildman–Crippen LogP) is 5.66. The molecule has 1 fully saturated rings. The lowest BCUT2D eigenvalue weighted by molar-refractivity contribution is 0.102. The number of hydrogen-bond donors (Lipinski definition) is 2. The molecule has 34 heavy (non-hydrogen) atoms. The topological polar surface area (TPSA) is 64.7 Å². The molecule has 1 aliphatic heterocycles. The minimum Gasteiger partial charge on any atom is -0.369 e. The summed E-state index contributed by atoms with van der Waals surface area (Å²) in [7, 11) is 0. The Bertz CT molecular complexity index is 1200. The number of thiophene rings is 1. The van der Waals surface area contributed by atoms with Gasteiger partial charge >= 0.3 is 0 Å². The number of aryl methyl sites for hydroxylation is 2. The molecule has 1 saturated heterocycles. The van der Waals surface area contributed by atoms with Crippen molar-refractivity contribution in [1.82, 2.24) is 4.90 Å². The van der Waals surface area contributed by atoms with Gasteiger partial charge in [0.25, 0.3) is 11.8 Å². The van der Waals surface area contributed by atoms with E-state index in [0.717, 1.165) is 49.5 Å². The van der Waals surface area contributed by atoms with E-state index in [1.165, 1.54) is 17.0 Å². The van der Waals surface area contributed by atoms with Crippen molar-refractivity contribution >= 4 is 51.1 Å². The molecular formula is C26H29ClN4O2S. The fraction of sp³-hybridized carbons (Fsp3) is 0.308. The molecule has 2 heterocycles.